The summed E-state index contributed by atoms with van der Waals surface area (Å²) in [5.41, 5.74) is 0.332. The second-order valence-corrected chi connectivity index (χ2v) is 5.72. The number of guanidine groups is 1. The van der Waals surface area contributed by atoms with Crippen molar-refractivity contribution >= 4 is 35.8 Å². The summed E-state index contributed by atoms with van der Waals surface area (Å²) in [6.45, 7) is 6.08. The molecule has 6 nitrogen and oxygen atoms in total. The lowest BCUT2D eigenvalue weighted by Crippen LogP contribution is -2.41. The first-order chi connectivity index (χ1) is 10.0. The van der Waals surface area contributed by atoms with Gasteiger partial charge in [0.05, 0.1) is 0 Å². The van der Waals surface area contributed by atoms with E-state index in [9.17, 15) is 4.79 Å². The third kappa shape index (κ3) is 7.98. The summed E-state index contributed by atoms with van der Waals surface area (Å²) in [5.74, 6) is 0.643. The fraction of sp³-hybridized carbons (Fsp3) is 0.733. The van der Waals surface area contributed by atoms with Crippen LogP contribution in [0.5, 0.6) is 0 Å². The Kier molecular flexibility index (Phi) is 10.4. The van der Waals surface area contributed by atoms with E-state index in [-0.39, 0.29) is 36.4 Å². The summed E-state index contributed by atoms with van der Waals surface area (Å²) >= 11 is 0. The Bertz CT molecular complexity index is 382. The molecule has 0 radical (unpaired) electrons. The molecule has 0 aliphatic heterocycles. The zero-order valence-electron chi connectivity index (χ0n) is 13.9. The Morgan fingerprint density at radius 1 is 1.41 bits per heavy atom. The van der Waals surface area contributed by atoms with E-state index in [0.29, 0.717) is 17.9 Å². The van der Waals surface area contributed by atoms with Gasteiger partial charge in [0.25, 0.3) is 0 Å². The van der Waals surface area contributed by atoms with Crippen LogP contribution in [0.2, 0.25) is 0 Å². The number of rotatable bonds is 9. The fourth-order valence-electron chi connectivity index (χ4n) is 1.91. The van der Waals surface area contributed by atoms with Gasteiger partial charge in [0.1, 0.15) is 6.54 Å². The van der Waals surface area contributed by atoms with Crippen molar-refractivity contribution < 1.29 is 9.53 Å². The molecular formula is C15H29IN4O2. The summed E-state index contributed by atoms with van der Waals surface area (Å²) in [6.07, 6.45) is 5.26. The van der Waals surface area contributed by atoms with Crippen LogP contribution in [0.3, 0.4) is 0 Å². The minimum Gasteiger partial charge on any atom is -0.385 e. The zero-order chi connectivity index (χ0) is 15.7. The van der Waals surface area contributed by atoms with Gasteiger partial charge >= 0.3 is 0 Å². The van der Waals surface area contributed by atoms with E-state index in [1.165, 1.54) is 17.7 Å². The highest BCUT2D eigenvalue weighted by atomic mass is 127. The van der Waals surface area contributed by atoms with E-state index in [4.69, 9.17) is 4.74 Å². The van der Waals surface area contributed by atoms with Gasteiger partial charge in [0.2, 0.25) is 5.91 Å². The van der Waals surface area contributed by atoms with Crippen LogP contribution < -0.4 is 10.6 Å². The molecule has 7 heteroatoms. The monoisotopic (exact) mass is 424 g/mol. The summed E-state index contributed by atoms with van der Waals surface area (Å²) in [6, 6.07) is 0. The van der Waals surface area contributed by atoms with Crippen molar-refractivity contribution in [1.29, 1.82) is 0 Å². The molecule has 0 unspecified atom stereocenters. The summed E-state index contributed by atoms with van der Waals surface area (Å²) < 4.78 is 5.16. The predicted octanol–water partition coefficient (Wildman–Crippen LogP) is 1.23. The average molecular weight is 424 g/mol. The SMILES string of the molecule is C=CCNC(=NCC(=O)N(C)C)NCC1(CCOC)CC1.I. The third-order valence-electron chi connectivity index (χ3n) is 3.71. The van der Waals surface area contributed by atoms with E-state index in [1.54, 1.807) is 27.3 Å². The van der Waals surface area contributed by atoms with Gasteiger partial charge in [-0.25, -0.2) is 4.99 Å². The van der Waals surface area contributed by atoms with Crippen molar-refractivity contribution in [3.8, 4) is 0 Å². The number of amides is 1. The van der Waals surface area contributed by atoms with Crippen LogP contribution in [-0.4, -0.2) is 64.2 Å². The van der Waals surface area contributed by atoms with Crippen molar-refractivity contribution in [3.05, 3.63) is 12.7 Å². The maximum atomic E-state index is 11.6. The molecule has 0 aromatic rings. The molecule has 1 aliphatic rings. The second-order valence-electron chi connectivity index (χ2n) is 5.72. The summed E-state index contributed by atoms with van der Waals surface area (Å²) in [5, 5.41) is 6.46. The number of halogens is 1. The lowest BCUT2D eigenvalue weighted by Gasteiger charge is -2.18. The van der Waals surface area contributed by atoms with E-state index in [0.717, 1.165) is 19.6 Å². The predicted molar refractivity (Wildman–Crippen MR) is 101 cm³/mol. The Morgan fingerprint density at radius 3 is 2.59 bits per heavy atom. The molecule has 22 heavy (non-hydrogen) atoms. The molecule has 0 atom stereocenters. The van der Waals surface area contributed by atoms with Gasteiger partial charge in [-0.2, -0.15) is 0 Å². The largest absolute Gasteiger partial charge is 0.385 e. The Morgan fingerprint density at radius 2 is 2.09 bits per heavy atom. The molecule has 0 spiro atoms. The highest BCUT2D eigenvalue weighted by molar-refractivity contribution is 14.0. The number of nitrogens with one attached hydrogen (secondary N) is 2. The van der Waals surface area contributed by atoms with Crippen LogP contribution >= 0.6 is 24.0 Å². The van der Waals surface area contributed by atoms with Gasteiger partial charge in [-0.05, 0) is 24.7 Å². The van der Waals surface area contributed by atoms with Crippen molar-refractivity contribution in [1.82, 2.24) is 15.5 Å². The van der Waals surface area contributed by atoms with Crippen molar-refractivity contribution in [3.63, 3.8) is 0 Å². The van der Waals surface area contributed by atoms with Gasteiger partial charge < -0.3 is 20.3 Å². The molecule has 2 N–H and O–H groups in total. The zero-order valence-corrected chi connectivity index (χ0v) is 16.2. The molecule has 128 valence electrons. The smallest absolute Gasteiger partial charge is 0.243 e. The number of likely N-dealkylation sites (N-methyl/N-ethyl adjacent to an activating group) is 1. The van der Waals surface area contributed by atoms with Gasteiger partial charge in [-0.3, -0.25) is 4.79 Å². The Balaban J connectivity index is 0.00000441. The van der Waals surface area contributed by atoms with Crippen LogP contribution in [0, 0.1) is 5.41 Å². The first-order valence-corrected chi connectivity index (χ1v) is 7.35. The van der Waals surface area contributed by atoms with E-state index < -0.39 is 0 Å². The second kappa shape index (κ2) is 10.8. The molecule has 1 rings (SSSR count). The van der Waals surface area contributed by atoms with Crippen molar-refractivity contribution in [2.75, 3.05) is 47.4 Å². The van der Waals surface area contributed by atoms with Crippen molar-refractivity contribution in [2.24, 2.45) is 10.4 Å². The average Bonchev–Trinajstić information content (AvgIpc) is 3.24. The molecular weight excluding hydrogens is 395 g/mol. The molecule has 1 amide bonds. The van der Waals surface area contributed by atoms with Crippen LogP contribution in [0.25, 0.3) is 0 Å². The molecule has 1 aliphatic carbocycles. The van der Waals surface area contributed by atoms with Gasteiger partial charge in [0.15, 0.2) is 5.96 Å². The number of hydrogen-bond acceptors (Lipinski definition) is 3. The highest BCUT2D eigenvalue weighted by Gasteiger charge is 2.41. The highest BCUT2D eigenvalue weighted by Crippen LogP contribution is 2.48. The first-order valence-electron chi connectivity index (χ1n) is 7.35. The molecule has 0 aromatic carbocycles. The number of carbonyl (C=O) groups excluding carboxylic acids is 1. The van der Waals surface area contributed by atoms with E-state index in [2.05, 4.69) is 22.2 Å². The van der Waals surface area contributed by atoms with E-state index >= 15 is 0 Å². The number of carbonyl (C=O) groups is 1. The molecule has 1 fully saturated rings. The number of ether oxygens (including phenoxy) is 1. The first kappa shape index (κ1) is 21.2. The minimum absolute atomic E-state index is 0. The van der Waals surface area contributed by atoms with Crippen LogP contribution in [0.1, 0.15) is 19.3 Å². The molecule has 0 aromatic heterocycles. The van der Waals surface area contributed by atoms with Crippen LogP contribution in [-0.2, 0) is 9.53 Å². The van der Waals surface area contributed by atoms with Crippen LogP contribution in [0.15, 0.2) is 17.6 Å². The molecule has 0 heterocycles. The lowest BCUT2D eigenvalue weighted by molar-refractivity contribution is -0.127. The number of methoxy groups -OCH3 is 1. The topological polar surface area (TPSA) is 66.0 Å². The Hall–Kier alpha value is -0.830. The summed E-state index contributed by atoms with van der Waals surface area (Å²) in [7, 11) is 5.19. The number of nitrogens with zero attached hydrogens (tertiary/aromatic N) is 2. The number of aliphatic imine (C=N–C) groups is 1. The molecule has 0 saturated heterocycles. The van der Waals surface area contributed by atoms with Crippen LogP contribution in [0.4, 0.5) is 0 Å². The fourth-order valence-corrected chi connectivity index (χ4v) is 1.91. The standard InChI is InChI=1S/C15H28N4O2.HI/c1-5-9-16-14(17-11-13(20)19(2)3)18-12-15(6-7-15)8-10-21-4;/h5H,1,6-12H2,2-4H3,(H2,16,17,18);1H. The van der Waals surface area contributed by atoms with Crippen molar-refractivity contribution in [2.45, 2.75) is 19.3 Å². The maximum Gasteiger partial charge on any atom is 0.243 e. The maximum absolute atomic E-state index is 11.6. The van der Waals surface area contributed by atoms with Gasteiger partial charge in [0, 0.05) is 40.9 Å². The van der Waals surface area contributed by atoms with Gasteiger partial charge in [-0.1, -0.05) is 6.08 Å². The molecule has 0 bridgehead atoms. The van der Waals surface area contributed by atoms with E-state index in [1.807, 2.05) is 0 Å². The number of hydrogen-bond donors (Lipinski definition) is 2. The van der Waals surface area contributed by atoms with Gasteiger partial charge in [-0.15, -0.1) is 30.6 Å². The quantitative estimate of drug-likeness (QED) is 0.253. The Labute approximate surface area is 150 Å². The lowest BCUT2D eigenvalue weighted by atomic mass is 10.0. The summed E-state index contributed by atoms with van der Waals surface area (Å²) in [4.78, 5) is 17.5. The molecule has 1 saturated carbocycles. The normalized spacial score (nSPS) is 15.5. The minimum atomic E-state index is -0.0183. The third-order valence-corrected chi connectivity index (χ3v) is 3.71.